The van der Waals surface area contributed by atoms with E-state index in [1.165, 1.54) is 24.0 Å². The second-order valence-electron chi connectivity index (χ2n) is 6.44. The number of carbonyl (C=O) groups is 1. The van der Waals surface area contributed by atoms with Gasteiger partial charge in [0, 0.05) is 18.7 Å². The van der Waals surface area contributed by atoms with Crippen LogP contribution in [0.3, 0.4) is 0 Å². The number of imidazole rings is 1. The maximum absolute atomic E-state index is 12.3. The molecule has 1 aromatic carbocycles. The molecule has 4 rings (SSSR count). The van der Waals surface area contributed by atoms with Crippen LogP contribution in [0.4, 0.5) is 0 Å². The zero-order valence-corrected chi connectivity index (χ0v) is 12.7. The minimum absolute atomic E-state index is 0.144. The fraction of sp³-hybridized carbons (Fsp3) is 0.444. The summed E-state index contributed by atoms with van der Waals surface area (Å²) in [6, 6.07) is 9.11. The van der Waals surface area contributed by atoms with E-state index in [0.29, 0.717) is 24.9 Å². The van der Waals surface area contributed by atoms with Crippen LogP contribution in [0.1, 0.15) is 54.5 Å². The largest absolute Gasteiger partial charge is 0.350 e. The maximum atomic E-state index is 12.3. The summed E-state index contributed by atoms with van der Waals surface area (Å²) in [5.74, 6) is 0.523. The zero-order chi connectivity index (χ0) is 14.9. The van der Waals surface area contributed by atoms with Gasteiger partial charge in [-0.05, 0) is 42.7 Å². The Bertz CT molecular complexity index is 687. The van der Waals surface area contributed by atoms with Gasteiger partial charge in [-0.25, -0.2) is 4.98 Å². The third kappa shape index (κ3) is 2.65. The van der Waals surface area contributed by atoms with E-state index in [1.54, 1.807) is 0 Å². The van der Waals surface area contributed by atoms with Gasteiger partial charge in [0.05, 0.1) is 18.6 Å². The highest BCUT2D eigenvalue weighted by molar-refractivity contribution is 5.77. The minimum atomic E-state index is 0.144. The predicted octanol–water partition coefficient (Wildman–Crippen LogP) is 2.95. The molecule has 4 nitrogen and oxygen atoms in total. The highest BCUT2D eigenvalue weighted by atomic mass is 16.1. The molecule has 1 atom stereocenters. The monoisotopic (exact) mass is 295 g/mol. The van der Waals surface area contributed by atoms with E-state index in [2.05, 4.69) is 39.1 Å². The van der Waals surface area contributed by atoms with E-state index >= 15 is 0 Å². The molecule has 1 saturated carbocycles. The molecule has 4 heteroatoms. The Balaban J connectivity index is 1.34. The normalized spacial score (nSPS) is 19.9. The molecular weight excluding hydrogens is 274 g/mol. The smallest absolute Gasteiger partial charge is 0.220 e. The van der Waals surface area contributed by atoms with Gasteiger partial charge < -0.3 is 9.88 Å². The summed E-state index contributed by atoms with van der Waals surface area (Å²) in [4.78, 5) is 16.5. The molecule has 22 heavy (non-hydrogen) atoms. The lowest BCUT2D eigenvalue weighted by Gasteiger charge is -2.12. The van der Waals surface area contributed by atoms with Gasteiger partial charge in [0.15, 0.2) is 0 Å². The molecule has 0 aliphatic heterocycles. The molecule has 2 aliphatic rings. The SMILES string of the molecule is O=C(C[C@H]1CCc2ccccc21)NCc1cncn1C1CC1. The van der Waals surface area contributed by atoms with Crippen LogP contribution in [0, 0.1) is 0 Å². The van der Waals surface area contributed by atoms with Gasteiger partial charge in [-0.1, -0.05) is 24.3 Å². The molecule has 2 aliphatic carbocycles. The number of nitrogens with zero attached hydrogens (tertiary/aromatic N) is 2. The second kappa shape index (κ2) is 5.59. The first kappa shape index (κ1) is 13.6. The zero-order valence-electron chi connectivity index (χ0n) is 12.7. The number of aryl methyl sites for hydroxylation is 1. The summed E-state index contributed by atoms with van der Waals surface area (Å²) in [5.41, 5.74) is 3.88. The van der Waals surface area contributed by atoms with Crippen molar-refractivity contribution in [2.45, 2.75) is 50.6 Å². The van der Waals surface area contributed by atoms with Crippen molar-refractivity contribution in [2.75, 3.05) is 0 Å². The summed E-state index contributed by atoms with van der Waals surface area (Å²) in [6.45, 7) is 0.587. The number of nitrogens with one attached hydrogen (secondary N) is 1. The summed E-state index contributed by atoms with van der Waals surface area (Å²) >= 11 is 0. The van der Waals surface area contributed by atoms with Gasteiger partial charge in [-0.2, -0.15) is 0 Å². The second-order valence-corrected chi connectivity index (χ2v) is 6.44. The summed E-state index contributed by atoms with van der Waals surface area (Å²) in [6.07, 6.45) is 8.99. The van der Waals surface area contributed by atoms with E-state index in [1.807, 2.05) is 12.5 Å². The van der Waals surface area contributed by atoms with Crippen molar-refractivity contribution in [2.24, 2.45) is 0 Å². The van der Waals surface area contributed by atoms with Crippen LogP contribution < -0.4 is 5.32 Å². The number of amides is 1. The Kier molecular flexibility index (Phi) is 3.45. The third-order valence-electron chi connectivity index (χ3n) is 4.84. The Morgan fingerprint density at radius 2 is 2.14 bits per heavy atom. The lowest BCUT2D eigenvalue weighted by Crippen LogP contribution is -2.25. The average molecular weight is 295 g/mol. The van der Waals surface area contributed by atoms with E-state index in [0.717, 1.165) is 18.5 Å². The third-order valence-corrected chi connectivity index (χ3v) is 4.84. The van der Waals surface area contributed by atoms with Crippen LogP contribution in [0.15, 0.2) is 36.8 Å². The molecule has 1 N–H and O–H groups in total. The first-order chi connectivity index (χ1) is 10.8. The standard InChI is InChI=1S/C18H21N3O/c22-18(9-14-6-5-13-3-1-2-4-17(13)14)20-11-16-10-19-12-21(16)15-7-8-15/h1-4,10,12,14-15H,5-9,11H2,(H,20,22)/t14-/m1/s1. The highest BCUT2D eigenvalue weighted by Gasteiger charge is 2.26. The number of hydrogen-bond acceptors (Lipinski definition) is 2. The van der Waals surface area contributed by atoms with E-state index < -0.39 is 0 Å². The highest BCUT2D eigenvalue weighted by Crippen LogP contribution is 2.36. The van der Waals surface area contributed by atoms with Crippen LogP contribution in [-0.2, 0) is 17.8 Å². The van der Waals surface area contributed by atoms with Crippen molar-refractivity contribution in [3.63, 3.8) is 0 Å². The van der Waals surface area contributed by atoms with Crippen LogP contribution in [-0.4, -0.2) is 15.5 Å². The van der Waals surface area contributed by atoms with Crippen LogP contribution in [0.2, 0.25) is 0 Å². The maximum Gasteiger partial charge on any atom is 0.220 e. The lowest BCUT2D eigenvalue weighted by atomic mass is 9.97. The van der Waals surface area contributed by atoms with Crippen molar-refractivity contribution in [3.8, 4) is 0 Å². The Morgan fingerprint density at radius 3 is 3.00 bits per heavy atom. The number of benzene rings is 1. The summed E-state index contributed by atoms with van der Waals surface area (Å²) in [7, 11) is 0. The first-order valence-corrected chi connectivity index (χ1v) is 8.16. The van der Waals surface area contributed by atoms with E-state index in [-0.39, 0.29) is 5.91 Å². The van der Waals surface area contributed by atoms with Crippen LogP contribution in [0.25, 0.3) is 0 Å². The molecule has 114 valence electrons. The summed E-state index contributed by atoms with van der Waals surface area (Å²) < 4.78 is 2.20. The number of fused-ring (bicyclic) bond motifs is 1. The summed E-state index contributed by atoms with van der Waals surface area (Å²) in [5, 5.41) is 3.07. The molecule has 1 heterocycles. The van der Waals surface area contributed by atoms with Gasteiger partial charge in [-0.3, -0.25) is 4.79 Å². The molecule has 0 bridgehead atoms. The average Bonchev–Trinajstić information content (AvgIpc) is 3.14. The van der Waals surface area contributed by atoms with Crippen molar-refractivity contribution < 1.29 is 4.79 Å². The quantitative estimate of drug-likeness (QED) is 0.922. The van der Waals surface area contributed by atoms with Gasteiger partial charge in [-0.15, -0.1) is 0 Å². The van der Waals surface area contributed by atoms with Crippen LogP contribution >= 0.6 is 0 Å². The number of hydrogen-bond donors (Lipinski definition) is 1. The number of aromatic nitrogens is 2. The molecule has 0 spiro atoms. The van der Waals surface area contributed by atoms with Crippen molar-refractivity contribution in [1.29, 1.82) is 0 Å². The molecule has 0 saturated heterocycles. The van der Waals surface area contributed by atoms with Crippen molar-refractivity contribution >= 4 is 5.91 Å². The van der Waals surface area contributed by atoms with Crippen LogP contribution in [0.5, 0.6) is 0 Å². The fourth-order valence-corrected chi connectivity index (χ4v) is 3.49. The molecule has 1 fully saturated rings. The van der Waals surface area contributed by atoms with Crippen molar-refractivity contribution in [1.82, 2.24) is 14.9 Å². The van der Waals surface area contributed by atoms with Crippen molar-refractivity contribution in [3.05, 3.63) is 53.6 Å². The lowest BCUT2D eigenvalue weighted by molar-refractivity contribution is -0.121. The molecule has 1 aromatic heterocycles. The molecule has 2 aromatic rings. The Labute approximate surface area is 130 Å². The van der Waals surface area contributed by atoms with Gasteiger partial charge in [0.25, 0.3) is 0 Å². The fourth-order valence-electron chi connectivity index (χ4n) is 3.49. The van der Waals surface area contributed by atoms with Gasteiger partial charge >= 0.3 is 0 Å². The topological polar surface area (TPSA) is 46.9 Å². The van der Waals surface area contributed by atoms with E-state index in [4.69, 9.17) is 0 Å². The number of rotatable bonds is 5. The van der Waals surface area contributed by atoms with Gasteiger partial charge in [0.2, 0.25) is 5.91 Å². The molecular formula is C18H21N3O. The molecule has 1 amide bonds. The van der Waals surface area contributed by atoms with E-state index in [9.17, 15) is 4.79 Å². The Morgan fingerprint density at radius 1 is 1.27 bits per heavy atom. The molecule has 0 unspecified atom stereocenters. The number of carbonyl (C=O) groups excluding carboxylic acids is 1. The Hall–Kier alpha value is -2.10. The molecule has 0 radical (unpaired) electrons. The predicted molar refractivity (Wildman–Crippen MR) is 84.5 cm³/mol. The van der Waals surface area contributed by atoms with Gasteiger partial charge in [0.1, 0.15) is 0 Å². The minimum Gasteiger partial charge on any atom is -0.350 e. The first-order valence-electron chi connectivity index (χ1n) is 8.16.